The first-order valence-corrected chi connectivity index (χ1v) is 6.74. The van der Waals surface area contributed by atoms with Crippen molar-refractivity contribution in [1.82, 2.24) is 10.2 Å². The van der Waals surface area contributed by atoms with Gasteiger partial charge in [0, 0.05) is 24.5 Å². The maximum absolute atomic E-state index is 12.1. The molecular weight excluding hydrogens is 236 g/mol. The van der Waals surface area contributed by atoms with Gasteiger partial charge in [0.1, 0.15) is 0 Å². The summed E-state index contributed by atoms with van der Waals surface area (Å²) in [4.78, 5) is 15.1. The van der Waals surface area contributed by atoms with Gasteiger partial charge >= 0.3 is 0 Å². The van der Waals surface area contributed by atoms with Crippen LogP contribution in [-0.2, 0) is 16.0 Å². The Balaban J connectivity index is 1.86. The Morgan fingerprint density at radius 3 is 3.29 bits per heavy atom. The lowest BCUT2D eigenvalue weighted by molar-refractivity contribution is -0.137. The molecule has 0 aromatic carbocycles. The molecule has 1 fully saturated rings. The Bertz CT molecular complexity index is 351. The molecule has 94 valence electrons. The maximum Gasteiger partial charge on any atom is 0.227 e. The van der Waals surface area contributed by atoms with Gasteiger partial charge in [0.25, 0.3) is 0 Å². The Morgan fingerprint density at radius 2 is 2.59 bits per heavy atom. The number of carbonyl (C=O) groups excluding carboxylic acids is 1. The molecule has 0 aliphatic carbocycles. The van der Waals surface area contributed by atoms with Gasteiger partial charge in [-0.3, -0.25) is 4.79 Å². The van der Waals surface area contributed by atoms with Crippen molar-refractivity contribution in [3.05, 3.63) is 22.4 Å². The predicted octanol–water partition coefficient (Wildman–Crippen LogP) is 0.737. The summed E-state index contributed by atoms with van der Waals surface area (Å²) in [6, 6.07) is 3.99. The first-order chi connectivity index (χ1) is 8.29. The third-order valence-corrected chi connectivity index (χ3v) is 3.71. The summed E-state index contributed by atoms with van der Waals surface area (Å²) >= 11 is 1.64. The lowest BCUT2D eigenvalue weighted by Crippen LogP contribution is -2.49. The summed E-state index contributed by atoms with van der Waals surface area (Å²) in [6.07, 6.45) is 0.644. The molecule has 1 amide bonds. The highest BCUT2D eigenvalue weighted by molar-refractivity contribution is 7.10. The fraction of sp³-hybridized carbons (Fsp3) is 0.583. The molecule has 0 saturated carbocycles. The molecule has 1 N–H and O–H groups in total. The fourth-order valence-corrected chi connectivity index (χ4v) is 2.67. The zero-order chi connectivity index (χ0) is 12.1. The van der Waals surface area contributed by atoms with Crippen molar-refractivity contribution in [2.24, 2.45) is 0 Å². The molecule has 2 heterocycles. The van der Waals surface area contributed by atoms with Crippen LogP contribution in [0.15, 0.2) is 17.5 Å². The summed E-state index contributed by atoms with van der Waals surface area (Å²) in [5.74, 6) is 0.205. The molecule has 1 aromatic heterocycles. The summed E-state index contributed by atoms with van der Waals surface area (Å²) in [5, 5.41) is 5.09. The number of carbonyl (C=O) groups is 1. The number of rotatable bonds is 4. The minimum atomic E-state index is 0.126. The number of nitrogens with zero attached hydrogens (tertiary/aromatic N) is 1. The molecule has 1 saturated heterocycles. The van der Waals surface area contributed by atoms with Crippen LogP contribution in [0.4, 0.5) is 0 Å². The first-order valence-electron chi connectivity index (χ1n) is 5.86. The van der Waals surface area contributed by atoms with E-state index < -0.39 is 0 Å². The van der Waals surface area contributed by atoms with E-state index in [2.05, 4.69) is 5.32 Å². The van der Waals surface area contributed by atoms with Gasteiger partial charge in [0.15, 0.2) is 0 Å². The number of hydrogen-bond donors (Lipinski definition) is 1. The quantitative estimate of drug-likeness (QED) is 0.861. The van der Waals surface area contributed by atoms with E-state index in [0.717, 1.165) is 11.4 Å². The first kappa shape index (κ1) is 12.5. The molecule has 0 radical (unpaired) electrons. The van der Waals surface area contributed by atoms with Crippen LogP contribution in [-0.4, -0.2) is 50.2 Å². The Morgan fingerprint density at radius 1 is 1.71 bits per heavy atom. The normalized spacial score (nSPS) is 20.5. The van der Waals surface area contributed by atoms with Gasteiger partial charge in [-0.1, -0.05) is 6.07 Å². The van der Waals surface area contributed by atoms with Crippen LogP contribution in [0.25, 0.3) is 0 Å². The molecule has 1 atom stereocenters. The molecule has 1 aliphatic rings. The van der Waals surface area contributed by atoms with E-state index in [0.29, 0.717) is 26.1 Å². The smallest absolute Gasteiger partial charge is 0.227 e. The highest BCUT2D eigenvalue weighted by Crippen LogP contribution is 2.12. The Labute approximate surface area is 106 Å². The summed E-state index contributed by atoms with van der Waals surface area (Å²) in [6.45, 7) is 2.85. The topological polar surface area (TPSA) is 41.6 Å². The molecule has 0 bridgehead atoms. The average Bonchev–Trinajstić information content (AvgIpc) is 2.83. The molecule has 1 aliphatic heterocycles. The zero-order valence-electron chi connectivity index (χ0n) is 10.0. The second-order valence-electron chi connectivity index (χ2n) is 4.15. The van der Waals surface area contributed by atoms with Crippen molar-refractivity contribution in [2.75, 3.05) is 33.3 Å². The van der Waals surface area contributed by atoms with E-state index in [1.54, 1.807) is 11.3 Å². The van der Waals surface area contributed by atoms with E-state index in [4.69, 9.17) is 4.74 Å². The van der Waals surface area contributed by atoms with Crippen LogP contribution < -0.4 is 5.32 Å². The Hall–Kier alpha value is -0.910. The van der Waals surface area contributed by atoms with E-state index in [-0.39, 0.29) is 12.0 Å². The number of morpholine rings is 1. The summed E-state index contributed by atoms with van der Waals surface area (Å²) in [5.41, 5.74) is 0. The van der Waals surface area contributed by atoms with Crippen LogP contribution in [0.3, 0.4) is 0 Å². The third kappa shape index (κ3) is 3.52. The SMILES string of the molecule is CNCC1CN(C(=O)Cc2cccs2)CCO1. The van der Waals surface area contributed by atoms with Crippen molar-refractivity contribution < 1.29 is 9.53 Å². The van der Waals surface area contributed by atoms with Crippen molar-refractivity contribution in [3.63, 3.8) is 0 Å². The van der Waals surface area contributed by atoms with E-state index in [1.807, 2.05) is 29.5 Å². The minimum Gasteiger partial charge on any atom is -0.373 e. The standard InChI is InChI=1S/C12H18N2O2S/c1-13-8-10-9-14(4-5-16-10)12(15)7-11-3-2-6-17-11/h2-3,6,10,13H,4-5,7-9H2,1H3. The molecule has 4 nitrogen and oxygen atoms in total. The highest BCUT2D eigenvalue weighted by Gasteiger charge is 2.23. The molecule has 0 spiro atoms. The number of nitrogens with one attached hydrogen (secondary N) is 1. The van der Waals surface area contributed by atoms with Crippen LogP contribution in [0, 0.1) is 0 Å². The Kier molecular flexibility index (Phi) is 4.53. The van der Waals surface area contributed by atoms with Gasteiger partial charge < -0.3 is 15.0 Å². The maximum atomic E-state index is 12.1. The van der Waals surface area contributed by atoms with E-state index in [1.165, 1.54) is 0 Å². The van der Waals surface area contributed by atoms with E-state index >= 15 is 0 Å². The zero-order valence-corrected chi connectivity index (χ0v) is 10.8. The van der Waals surface area contributed by atoms with Crippen molar-refractivity contribution in [1.29, 1.82) is 0 Å². The number of ether oxygens (including phenoxy) is 1. The lowest BCUT2D eigenvalue weighted by atomic mass is 10.2. The molecule has 5 heteroatoms. The van der Waals surface area contributed by atoms with Crippen molar-refractivity contribution in [3.8, 4) is 0 Å². The van der Waals surface area contributed by atoms with Crippen LogP contribution in [0.1, 0.15) is 4.88 Å². The van der Waals surface area contributed by atoms with E-state index in [9.17, 15) is 4.79 Å². The average molecular weight is 254 g/mol. The van der Waals surface area contributed by atoms with Crippen LogP contribution in [0.5, 0.6) is 0 Å². The number of hydrogen-bond acceptors (Lipinski definition) is 4. The van der Waals surface area contributed by atoms with Gasteiger partial charge in [0.05, 0.1) is 19.1 Å². The summed E-state index contributed by atoms with van der Waals surface area (Å²) in [7, 11) is 1.90. The number of amides is 1. The highest BCUT2D eigenvalue weighted by atomic mass is 32.1. The predicted molar refractivity (Wildman–Crippen MR) is 68.3 cm³/mol. The third-order valence-electron chi connectivity index (χ3n) is 2.83. The van der Waals surface area contributed by atoms with Crippen LogP contribution >= 0.6 is 11.3 Å². The molecule has 1 aromatic rings. The summed E-state index contributed by atoms with van der Waals surface area (Å²) < 4.78 is 5.58. The van der Waals surface area contributed by atoms with Crippen molar-refractivity contribution in [2.45, 2.75) is 12.5 Å². The molecule has 17 heavy (non-hydrogen) atoms. The van der Waals surface area contributed by atoms with Gasteiger partial charge in [-0.25, -0.2) is 0 Å². The van der Waals surface area contributed by atoms with Crippen molar-refractivity contribution >= 4 is 17.2 Å². The minimum absolute atomic E-state index is 0.126. The monoisotopic (exact) mass is 254 g/mol. The molecular formula is C12H18N2O2S. The fourth-order valence-electron chi connectivity index (χ4n) is 1.97. The second-order valence-corrected chi connectivity index (χ2v) is 5.18. The molecule has 1 unspecified atom stereocenters. The van der Waals surface area contributed by atoms with Crippen LogP contribution in [0.2, 0.25) is 0 Å². The second kappa shape index (κ2) is 6.14. The van der Waals surface area contributed by atoms with Gasteiger partial charge in [0.2, 0.25) is 5.91 Å². The van der Waals surface area contributed by atoms with Gasteiger partial charge in [-0.2, -0.15) is 0 Å². The van der Waals surface area contributed by atoms with Gasteiger partial charge in [-0.05, 0) is 18.5 Å². The largest absolute Gasteiger partial charge is 0.373 e. The number of thiophene rings is 1. The van der Waals surface area contributed by atoms with Gasteiger partial charge in [-0.15, -0.1) is 11.3 Å². The number of likely N-dealkylation sites (N-methyl/N-ethyl adjacent to an activating group) is 1. The lowest BCUT2D eigenvalue weighted by Gasteiger charge is -2.32. The molecule has 2 rings (SSSR count).